The van der Waals surface area contributed by atoms with Crippen LogP contribution in [-0.2, 0) is 18.9 Å². The first-order valence-electron chi connectivity index (χ1n) is 12.6. The first kappa shape index (κ1) is 22.0. The molecule has 3 aliphatic rings. The molecule has 0 aromatic heterocycles. The fourth-order valence-electron chi connectivity index (χ4n) is 5.80. The van der Waals surface area contributed by atoms with Crippen LogP contribution < -0.4 is 0 Å². The molecule has 0 aliphatic carbocycles. The van der Waals surface area contributed by atoms with Crippen LogP contribution in [0.3, 0.4) is 0 Å². The lowest BCUT2D eigenvalue weighted by Crippen LogP contribution is -2.66. The zero-order chi connectivity index (χ0) is 22.8. The number of rotatable bonds is 3. The molecule has 0 bridgehead atoms. The Labute approximate surface area is 201 Å². The highest BCUT2D eigenvalue weighted by Gasteiger charge is 2.63. The van der Waals surface area contributed by atoms with Gasteiger partial charge in [-0.1, -0.05) is 91.0 Å². The summed E-state index contributed by atoms with van der Waals surface area (Å²) < 4.78 is 27.5. The van der Waals surface area contributed by atoms with E-state index in [1.165, 1.54) is 11.1 Å². The van der Waals surface area contributed by atoms with Gasteiger partial charge in [0.15, 0.2) is 0 Å². The summed E-state index contributed by atoms with van der Waals surface area (Å²) in [5.74, 6) is -1.89. The maximum Gasteiger partial charge on any atom is 0.224 e. The first-order chi connectivity index (χ1) is 16.8. The van der Waals surface area contributed by atoms with Crippen LogP contribution in [0.2, 0.25) is 0 Å². The zero-order valence-corrected chi connectivity index (χ0v) is 19.5. The predicted molar refractivity (Wildman–Crippen MR) is 130 cm³/mol. The number of fused-ring (bicyclic) bond motifs is 1. The van der Waals surface area contributed by atoms with E-state index < -0.39 is 11.6 Å². The summed E-state index contributed by atoms with van der Waals surface area (Å²) >= 11 is 0. The average molecular weight is 457 g/mol. The minimum Gasteiger partial charge on any atom is -0.342 e. The number of hydrogen-bond acceptors (Lipinski definition) is 4. The monoisotopic (exact) mass is 456 g/mol. The molecule has 3 saturated heterocycles. The van der Waals surface area contributed by atoms with Crippen molar-refractivity contribution in [2.24, 2.45) is 0 Å². The average Bonchev–Trinajstić information content (AvgIpc) is 2.92. The molecule has 4 heteroatoms. The normalized spacial score (nSPS) is 33.7. The molecule has 3 aromatic carbocycles. The van der Waals surface area contributed by atoms with Gasteiger partial charge in [-0.25, -0.2) is 0 Å². The molecule has 3 aromatic rings. The van der Waals surface area contributed by atoms with Gasteiger partial charge in [0.1, 0.15) is 6.10 Å². The Morgan fingerprint density at radius 1 is 0.500 bits per heavy atom. The van der Waals surface area contributed by atoms with Crippen molar-refractivity contribution in [1.82, 2.24) is 0 Å². The van der Waals surface area contributed by atoms with Gasteiger partial charge in [-0.2, -0.15) is 0 Å². The summed E-state index contributed by atoms with van der Waals surface area (Å²) in [5.41, 5.74) is 3.47. The molecule has 3 aliphatic heterocycles. The number of hydrogen-bond donors (Lipinski definition) is 0. The van der Waals surface area contributed by atoms with Crippen LogP contribution in [0.4, 0.5) is 0 Å². The number of benzene rings is 3. The minimum absolute atomic E-state index is 0.0376. The highest BCUT2D eigenvalue weighted by atomic mass is 16.8. The van der Waals surface area contributed by atoms with E-state index in [-0.39, 0.29) is 18.3 Å². The van der Waals surface area contributed by atoms with Crippen LogP contribution in [0, 0.1) is 0 Å². The molecule has 176 valence electrons. The van der Waals surface area contributed by atoms with E-state index in [2.05, 4.69) is 60.7 Å². The number of ether oxygens (including phenoxy) is 4. The molecule has 34 heavy (non-hydrogen) atoms. The van der Waals surface area contributed by atoms with Crippen molar-refractivity contribution in [2.45, 2.75) is 68.4 Å². The van der Waals surface area contributed by atoms with Gasteiger partial charge in [0.25, 0.3) is 0 Å². The van der Waals surface area contributed by atoms with Gasteiger partial charge >= 0.3 is 0 Å². The van der Waals surface area contributed by atoms with E-state index in [0.29, 0.717) is 6.61 Å². The van der Waals surface area contributed by atoms with Crippen molar-refractivity contribution in [2.75, 3.05) is 6.61 Å². The summed E-state index contributed by atoms with van der Waals surface area (Å²) in [6.45, 7) is 0.451. The van der Waals surface area contributed by atoms with Gasteiger partial charge in [0.05, 0.1) is 18.8 Å². The topological polar surface area (TPSA) is 36.9 Å². The Morgan fingerprint density at radius 2 is 0.912 bits per heavy atom. The third-order valence-electron chi connectivity index (χ3n) is 7.50. The van der Waals surface area contributed by atoms with Crippen LogP contribution >= 0.6 is 0 Å². The third kappa shape index (κ3) is 3.99. The maximum absolute atomic E-state index is 6.96. The molecule has 0 N–H and O–H groups in total. The molecule has 3 heterocycles. The first-order valence-corrected chi connectivity index (χ1v) is 12.6. The summed E-state index contributed by atoms with van der Waals surface area (Å²) in [6, 6.07) is 31.3. The molecule has 0 unspecified atom stereocenters. The second-order valence-corrected chi connectivity index (χ2v) is 9.65. The van der Waals surface area contributed by atoms with Crippen molar-refractivity contribution in [3.05, 3.63) is 108 Å². The quantitative estimate of drug-likeness (QED) is 0.423. The lowest BCUT2D eigenvalue weighted by atomic mass is 9.84. The molecular weight excluding hydrogens is 424 g/mol. The van der Waals surface area contributed by atoms with E-state index in [1.54, 1.807) is 0 Å². The smallest absolute Gasteiger partial charge is 0.224 e. The molecule has 0 amide bonds. The summed E-state index contributed by atoms with van der Waals surface area (Å²) in [7, 11) is 0. The Hall–Kier alpha value is -2.50. The van der Waals surface area contributed by atoms with E-state index in [0.717, 1.165) is 44.1 Å². The van der Waals surface area contributed by atoms with E-state index in [4.69, 9.17) is 18.9 Å². The predicted octanol–water partition coefficient (Wildman–Crippen LogP) is 7.05. The Bertz CT molecular complexity index is 1030. The van der Waals surface area contributed by atoms with Gasteiger partial charge < -0.3 is 18.9 Å². The second-order valence-electron chi connectivity index (χ2n) is 9.65. The zero-order valence-electron chi connectivity index (χ0n) is 19.5. The highest BCUT2D eigenvalue weighted by Crippen LogP contribution is 2.55. The molecule has 0 radical (unpaired) electrons. The van der Waals surface area contributed by atoms with Gasteiger partial charge in [-0.3, -0.25) is 0 Å². The van der Waals surface area contributed by atoms with E-state index in [9.17, 15) is 0 Å². The highest BCUT2D eigenvalue weighted by molar-refractivity contribution is 5.22. The van der Waals surface area contributed by atoms with Crippen LogP contribution in [0.5, 0.6) is 0 Å². The van der Waals surface area contributed by atoms with Gasteiger partial charge in [0.2, 0.25) is 11.6 Å². The van der Waals surface area contributed by atoms with E-state index >= 15 is 0 Å². The lowest BCUT2D eigenvalue weighted by Gasteiger charge is -2.58. The van der Waals surface area contributed by atoms with Crippen molar-refractivity contribution in [3.63, 3.8) is 0 Å². The van der Waals surface area contributed by atoms with Gasteiger partial charge in [0, 0.05) is 12.8 Å². The van der Waals surface area contributed by atoms with Crippen LogP contribution in [0.25, 0.3) is 0 Å². The van der Waals surface area contributed by atoms with Crippen LogP contribution in [-0.4, -0.2) is 18.2 Å². The second kappa shape index (κ2) is 9.27. The largest absolute Gasteiger partial charge is 0.342 e. The van der Waals surface area contributed by atoms with Crippen LogP contribution in [0.1, 0.15) is 73.5 Å². The third-order valence-corrected chi connectivity index (χ3v) is 7.50. The summed E-state index contributed by atoms with van der Waals surface area (Å²) in [6.07, 6.45) is 5.15. The van der Waals surface area contributed by atoms with Gasteiger partial charge in [-0.15, -0.1) is 0 Å². The minimum atomic E-state index is -0.960. The molecule has 3 fully saturated rings. The molecule has 6 rings (SSSR count). The standard InChI is InChI=1S/C30H32O4/c1-4-12-23(13-5-1)26-18-10-20-29(32-26)30(34-28(22-31-29)25-16-8-3-9-17-25)21-11-19-27(33-30)24-14-6-2-7-15-24/h1-9,12-17,26-28H,10-11,18-22H2/t26-,27-,28-,29-,30+/m0/s1. The van der Waals surface area contributed by atoms with Gasteiger partial charge in [-0.05, 0) is 42.4 Å². The molecule has 0 saturated carbocycles. The summed E-state index contributed by atoms with van der Waals surface area (Å²) in [5, 5.41) is 0. The van der Waals surface area contributed by atoms with Crippen molar-refractivity contribution < 1.29 is 18.9 Å². The fourth-order valence-corrected chi connectivity index (χ4v) is 5.80. The lowest BCUT2D eigenvalue weighted by molar-refractivity contribution is -0.485. The van der Waals surface area contributed by atoms with Crippen molar-refractivity contribution >= 4 is 0 Å². The maximum atomic E-state index is 6.96. The fraction of sp³-hybridized carbons (Fsp3) is 0.400. The Morgan fingerprint density at radius 3 is 1.44 bits per heavy atom. The summed E-state index contributed by atoms with van der Waals surface area (Å²) in [4.78, 5) is 0. The van der Waals surface area contributed by atoms with E-state index in [1.807, 2.05) is 30.3 Å². The van der Waals surface area contributed by atoms with Crippen LogP contribution in [0.15, 0.2) is 91.0 Å². The van der Waals surface area contributed by atoms with Crippen molar-refractivity contribution in [1.29, 1.82) is 0 Å². The SMILES string of the molecule is c1ccc([C@@H]2CCC[C@@]3(O2)O[C@H](c2ccccc2)CO[C@]32CCC[C@@H](c3ccccc3)O2)cc1. The molecule has 5 atom stereocenters. The van der Waals surface area contributed by atoms with Crippen molar-refractivity contribution in [3.8, 4) is 0 Å². The Kier molecular flexibility index (Phi) is 6.00. The molecule has 2 spiro atoms. The Balaban J connectivity index is 1.37. The molecular formula is C30H32O4. The molecule has 4 nitrogen and oxygen atoms in total.